The lowest BCUT2D eigenvalue weighted by molar-refractivity contribution is -0.116. The Labute approximate surface area is 162 Å². The van der Waals surface area contributed by atoms with E-state index in [2.05, 4.69) is 17.6 Å². The number of hydrogen-bond acceptors (Lipinski definition) is 3. The number of rotatable bonds is 5. The smallest absolute Gasteiger partial charge is 0.253 e. The molecule has 26 heavy (non-hydrogen) atoms. The van der Waals surface area contributed by atoms with Gasteiger partial charge in [-0.05, 0) is 74.9 Å². The van der Waals surface area contributed by atoms with Crippen molar-refractivity contribution >= 4 is 29.9 Å². The fourth-order valence-electron chi connectivity index (χ4n) is 3.61. The lowest BCUT2D eigenvalue weighted by Crippen LogP contribution is -2.37. The second-order valence-electron chi connectivity index (χ2n) is 7.50. The van der Waals surface area contributed by atoms with Gasteiger partial charge in [0.05, 0.1) is 0 Å². The molecule has 2 heterocycles. The van der Waals surface area contributed by atoms with Crippen LogP contribution >= 0.6 is 12.4 Å². The quantitative estimate of drug-likeness (QED) is 0.825. The van der Waals surface area contributed by atoms with Crippen LogP contribution in [-0.2, 0) is 4.79 Å². The zero-order valence-corrected chi connectivity index (χ0v) is 16.3. The molecule has 0 radical (unpaired) electrons. The molecule has 3 rings (SSSR count). The molecular formula is C20H30ClN3O2. The van der Waals surface area contributed by atoms with Crippen molar-refractivity contribution in [2.24, 2.45) is 11.8 Å². The van der Waals surface area contributed by atoms with Crippen molar-refractivity contribution in [3.8, 4) is 0 Å². The number of hydrogen-bond donors (Lipinski definition) is 2. The number of anilines is 1. The van der Waals surface area contributed by atoms with Gasteiger partial charge in [0.1, 0.15) is 0 Å². The number of amides is 2. The Morgan fingerprint density at radius 2 is 1.85 bits per heavy atom. The lowest BCUT2D eigenvalue weighted by atomic mass is 9.98. The molecule has 2 amide bonds. The highest BCUT2D eigenvalue weighted by molar-refractivity contribution is 5.95. The molecule has 2 N–H and O–H groups in total. The molecular weight excluding hydrogens is 350 g/mol. The normalized spacial score (nSPS) is 20.5. The van der Waals surface area contributed by atoms with E-state index < -0.39 is 0 Å². The topological polar surface area (TPSA) is 61.4 Å². The first-order chi connectivity index (χ1) is 12.1. The van der Waals surface area contributed by atoms with E-state index in [1.165, 1.54) is 6.42 Å². The summed E-state index contributed by atoms with van der Waals surface area (Å²) in [6.07, 6.45) is 4.81. The van der Waals surface area contributed by atoms with Gasteiger partial charge in [-0.15, -0.1) is 12.4 Å². The van der Waals surface area contributed by atoms with E-state index >= 15 is 0 Å². The maximum atomic E-state index is 12.5. The number of benzene rings is 1. The molecule has 6 heteroatoms. The zero-order valence-electron chi connectivity index (χ0n) is 15.5. The van der Waals surface area contributed by atoms with Crippen LogP contribution in [0.25, 0.3) is 0 Å². The van der Waals surface area contributed by atoms with Crippen LogP contribution in [0.3, 0.4) is 0 Å². The van der Waals surface area contributed by atoms with Gasteiger partial charge in [-0.1, -0.05) is 6.92 Å². The number of piperidine rings is 1. The predicted molar refractivity (Wildman–Crippen MR) is 107 cm³/mol. The van der Waals surface area contributed by atoms with E-state index in [0.29, 0.717) is 23.8 Å². The van der Waals surface area contributed by atoms with Crippen molar-refractivity contribution in [3.63, 3.8) is 0 Å². The number of carbonyl (C=O) groups is 2. The minimum Gasteiger partial charge on any atom is -0.339 e. The molecule has 2 aliphatic rings. The third-order valence-electron chi connectivity index (χ3n) is 5.43. The van der Waals surface area contributed by atoms with Crippen molar-refractivity contribution in [3.05, 3.63) is 29.8 Å². The second-order valence-corrected chi connectivity index (χ2v) is 7.50. The standard InChI is InChI=1S/C20H29N3O2.ClH/c1-15-9-12-23(13-10-15)20(25)17-3-5-18(6-4-17)22-19(24)7-2-16-8-11-21-14-16;/h3-6,15-16,21H,2,7-14H2,1H3,(H,22,24);1H. The monoisotopic (exact) mass is 379 g/mol. The number of carbonyl (C=O) groups excluding carboxylic acids is 2. The molecule has 2 saturated heterocycles. The van der Waals surface area contributed by atoms with E-state index in [1.54, 1.807) is 0 Å². The third-order valence-corrected chi connectivity index (χ3v) is 5.43. The first-order valence-corrected chi connectivity index (χ1v) is 9.51. The summed E-state index contributed by atoms with van der Waals surface area (Å²) >= 11 is 0. The Morgan fingerprint density at radius 3 is 2.46 bits per heavy atom. The lowest BCUT2D eigenvalue weighted by Gasteiger charge is -2.30. The summed E-state index contributed by atoms with van der Waals surface area (Å²) in [6, 6.07) is 7.29. The average Bonchev–Trinajstić information content (AvgIpc) is 3.14. The number of halogens is 1. The van der Waals surface area contributed by atoms with E-state index in [-0.39, 0.29) is 24.2 Å². The molecule has 0 saturated carbocycles. The van der Waals surface area contributed by atoms with Crippen LogP contribution in [0, 0.1) is 11.8 Å². The molecule has 2 aliphatic heterocycles. The van der Waals surface area contributed by atoms with Crippen molar-refractivity contribution in [1.29, 1.82) is 0 Å². The third kappa shape index (κ3) is 5.71. The van der Waals surface area contributed by atoms with Gasteiger partial charge < -0.3 is 15.5 Å². The Balaban J connectivity index is 0.00000243. The van der Waals surface area contributed by atoms with Crippen LogP contribution in [0.5, 0.6) is 0 Å². The van der Waals surface area contributed by atoms with Gasteiger partial charge >= 0.3 is 0 Å². The fourth-order valence-corrected chi connectivity index (χ4v) is 3.61. The summed E-state index contributed by atoms with van der Waals surface area (Å²) in [6.45, 7) is 6.02. The SMILES string of the molecule is CC1CCN(C(=O)c2ccc(NC(=O)CCC3CCNC3)cc2)CC1.Cl. The molecule has 1 aromatic rings. The molecule has 0 aromatic heterocycles. The molecule has 1 unspecified atom stereocenters. The Kier molecular flexibility index (Phi) is 7.91. The van der Waals surface area contributed by atoms with Crippen LogP contribution in [0.4, 0.5) is 5.69 Å². The van der Waals surface area contributed by atoms with Crippen LogP contribution in [0.2, 0.25) is 0 Å². The van der Waals surface area contributed by atoms with Gasteiger partial charge in [0.15, 0.2) is 0 Å². The summed E-state index contributed by atoms with van der Waals surface area (Å²) in [4.78, 5) is 26.5. The average molecular weight is 380 g/mol. The molecule has 1 aromatic carbocycles. The number of nitrogens with zero attached hydrogens (tertiary/aromatic N) is 1. The highest BCUT2D eigenvalue weighted by Gasteiger charge is 2.21. The zero-order chi connectivity index (χ0) is 17.6. The Hall–Kier alpha value is -1.59. The minimum atomic E-state index is 0. The Morgan fingerprint density at radius 1 is 1.15 bits per heavy atom. The summed E-state index contributed by atoms with van der Waals surface area (Å²) in [5.74, 6) is 1.48. The maximum Gasteiger partial charge on any atom is 0.253 e. The van der Waals surface area contributed by atoms with Crippen LogP contribution in [0.15, 0.2) is 24.3 Å². The first-order valence-electron chi connectivity index (χ1n) is 9.51. The summed E-state index contributed by atoms with van der Waals surface area (Å²) in [5, 5.41) is 6.26. The summed E-state index contributed by atoms with van der Waals surface area (Å²) in [7, 11) is 0. The van der Waals surface area contributed by atoms with E-state index in [9.17, 15) is 9.59 Å². The van der Waals surface area contributed by atoms with Gasteiger partial charge in [0.25, 0.3) is 5.91 Å². The molecule has 1 atom stereocenters. The highest BCUT2D eigenvalue weighted by Crippen LogP contribution is 2.19. The Bertz CT molecular complexity index is 592. The first kappa shape index (κ1) is 20.7. The van der Waals surface area contributed by atoms with Crippen molar-refractivity contribution in [2.45, 2.75) is 39.0 Å². The summed E-state index contributed by atoms with van der Waals surface area (Å²) in [5.41, 5.74) is 1.46. The minimum absolute atomic E-state index is 0. The summed E-state index contributed by atoms with van der Waals surface area (Å²) < 4.78 is 0. The van der Waals surface area contributed by atoms with Crippen molar-refractivity contribution < 1.29 is 9.59 Å². The number of likely N-dealkylation sites (tertiary alicyclic amines) is 1. The molecule has 2 fully saturated rings. The highest BCUT2D eigenvalue weighted by atomic mass is 35.5. The van der Waals surface area contributed by atoms with E-state index in [1.807, 2.05) is 29.2 Å². The molecule has 144 valence electrons. The largest absolute Gasteiger partial charge is 0.339 e. The van der Waals surface area contributed by atoms with E-state index in [4.69, 9.17) is 0 Å². The predicted octanol–water partition coefficient (Wildman–Crippen LogP) is 3.31. The molecule has 0 spiro atoms. The number of nitrogens with one attached hydrogen (secondary N) is 2. The van der Waals surface area contributed by atoms with Gasteiger partial charge in [-0.25, -0.2) is 0 Å². The van der Waals surface area contributed by atoms with Crippen LogP contribution in [0.1, 0.15) is 49.4 Å². The van der Waals surface area contributed by atoms with E-state index in [0.717, 1.165) is 51.1 Å². The van der Waals surface area contributed by atoms with Crippen molar-refractivity contribution in [1.82, 2.24) is 10.2 Å². The fraction of sp³-hybridized carbons (Fsp3) is 0.600. The van der Waals surface area contributed by atoms with Crippen LogP contribution in [-0.4, -0.2) is 42.9 Å². The molecule has 5 nitrogen and oxygen atoms in total. The van der Waals surface area contributed by atoms with Crippen LogP contribution < -0.4 is 10.6 Å². The van der Waals surface area contributed by atoms with Gasteiger partial charge in [0.2, 0.25) is 5.91 Å². The van der Waals surface area contributed by atoms with Gasteiger partial charge in [-0.2, -0.15) is 0 Å². The van der Waals surface area contributed by atoms with Gasteiger partial charge in [-0.3, -0.25) is 9.59 Å². The second kappa shape index (κ2) is 9.93. The molecule has 0 aliphatic carbocycles. The van der Waals surface area contributed by atoms with Crippen molar-refractivity contribution in [2.75, 3.05) is 31.5 Å². The molecule has 0 bridgehead atoms. The maximum absolute atomic E-state index is 12.5. The van der Waals surface area contributed by atoms with Gasteiger partial charge in [0, 0.05) is 30.8 Å².